The number of carbonyl (C=O) groups is 1. The quantitative estimate of drug-likeness (QED) is 0.260. The minimum absolute atomic E-state index is 0.0187. The van der Waals surface area contributed by atoms with E-state index in [-0.39, 0.29) is 58.8 Å². The van der Waals surface area contributed by atoms with Crippen molar-refractivity contribution in [1.82, 2.24) is 25.2 Å². The predicted molar refractivity (Wildman–Crippen MR) is 143 cm³/mol. The summed E-state index contributed by atoms with van der Waals surface area (Å²) in [5.74, 6) is 0. The van der Waals surface area contributed by atoms with Gasteiger partial charge in [-0.05, 0) is 0 Å². The molecule has 0 aliphatic carbocycles. The summed E-state index contributed by atoms with van der Waals surface area (Å²) in [6, 6.07) is 2.03. The first kappa shape index (κ1) is 33.9. The fourth-order valence-electron chi connectivity index (χ4n) is 5.38. The van der Waals surface area contributed by atoms with Crippen LogP contribution in [0.3, 0.4) is 0 Å². The van der Waals surface area contributed by atoms with Crippen molar-refractivity contribution in [2.45, 2.75) is 60.7 Å². The Balaban J connectivity index is 1.65. The van der Waals surface area contributed by atoms with Crippen molar-refractivity contribution in [3.8, 4) is 0 Å². The minimum atomic E-state index is -5.09. The fraction of sp³-hybridized carbons (Fsp3) is 0.519. The monoisotopic (exact) mass is 728 g/mol. The Morgan fingerprint density at radius 2 is 1.67 bits per heavy atom. The van der Waals surface area contributed by atoms with Crippen LogP contribution in [0.1, 0.15) is 57.6 Å². The Kier molecular flexibility index (Phi) is 9.34. The van der Waals surface area contributed by atoms with Crippen LogP contribution in [-0.4, -0.2) is 71.8 Å². The topological polar surface area (TPSA) is 95.3 Å². The van der Waals surface area contributed by atoms with Crippen LogP contribution in [0.5, 0.6) is 0 Å². The number of alkyl halides is 9. The number of tetrazole rings is 1. The molecule has 19 heteroatoms. The first-order chi connectivity index (χ1) is 21.4. The van der Waals surface area contributed by atoms with Gasteiger partial charge in [-0.3, -0.25) is 0 Å². The molecule has 3 aromatic rings. The third-order valence-electron chi connectivity index (χ3n) is 7.50. The van der Waals surface area contributed by atoms with Gasteiger partial charge < -0.3 is 0 Å². The van der Waals surface area contributed by atoms with Crippen molar-refractivity contribution in [3.63, 3.8) is 0 Å². The van der Waals surface area contributed by atoms with Crippen LogP contribution in [0, 0.1) is 6.92 Å². The van der Waals surface area contributed by atoms with Crippen molar-refractivity contribution in [3.05, 3.63) is 57.9 Å². The average Bonchev–Trinajstić information content (AvgIpc) is 3.58. The Morgan fingerprint density at radius 3 is 2.22 bits per heavy atom. The third kappa shape index (κ3) is 7.42. The average molecular weight is 728 g/mol. The van der Waals surface area contributed by atoms with Crippen LogP contribution in [0.15, 0.2) is 24.3 Å². The van der Waals surface area contributed by atoms with Gasteiger partial charge in [-0.2, -0.15) is 0 Å². The van der Waals surface area contributed by atoms with Crippen LogP contribution in [0.25, 0.3) is 0 Å². The number of nitrogens with zero attached hydrogens (tertiary/aromatic N) is 6. The normalized spacial score (nSPS) is 19.9. The van der Waals surface area contributed by atoms with E-state index in [1.165, 1.54) is 7.05 Å². The summed E-state index contributed by atoms with van der Waals surface area (Å²) in [7, 11) is 1.42. The number of pyridine rings is 1. The van der Waals surface area contributed by atoms with E-state index in [1.807, 2.05) is 0 Å². The number of anilines is 1. The molecule has 0 spiro atoms. The molecule has 5 rings (SSSR count). The van der Waals surface area contributed by atoms with Crippen LogP contribution in [0.2, 0.25) is 0 Å². The molecule has 2 aliphatic rings. The summed E-state index contributed by atoms with van der Waals surface area (Å²) in [5.41, 5.74) is -5.04. The van der Waals surface area contributed by atoms with Gasteiger partial charge in [-0.1, -0.05) is 0 Å². The molecule has 9 nitrogen and oxygen atoms in total. The summed E-state index contributed by atoms with van der Waals surface area (Å²) in [6.45, 7) is 1.49. The van der Waals surface area contributed by atoms with Gasteiger partial charge in [0.1, 0.15) is 0 Å². The number of aryl methyl sites for hydroxylation is 2. The van der Waals surface area contributed by atoms with Gasteiger partial charge in [0.2, 0.25) is 0 Å². The van der Waals surface area contributed by atoms with Gasteiger partial charge in [0.05, 0.1) is 0 Å². The number of hydrogen-bond donors (Lipinski definition) is 0. The van der Waals surface area contributed by atoms with Gasteiger partial charge in [0, 0.05) is 0 Å². The molecule has 1 amide bonds. The molecule has 0 bridgehead atoms. The Morgan fingerprint density at radius 1 is 1.00 bits per heavy atom. The fourth-order valence-corrected chi connectivity index (χ4v) is 10.8. The molecule has 4 heterocycles. The van der Waals surface area contributed by atoms with E-state index in [4.69, 9.17) is 9.47 Å². The molecule has 3 unspecified atom stereocenters. The van der Waals surface area contributed by atoms with Crippen LogP contribution < -0.4 is 9.51 Å². The number of ether oxygens (including phenoxy) is 2. The molecule has 1 fully saturated rings. The van der Waals surface area contributed by atoms with Gasteiger partial charge in [-0.25, -0.2) is 0 Å². The summed E-state index contributed by atoms with van der Waals surface area (Å²) in [6.07, 6.45) is -15.8. The van der Waals surface area contributed by atoms with Gasteiger partial charge in [0.15, 0.2) is 0 Å². The van der Waals surface area contributed by atoms with E-state index >= 15 is 0 Å². The van der Waals surface area contributed by atoms with Gasteiger partial charge in [0.25, 0.3) is 0 Å². The van der Waals surface area contributed by atoms with Crippen molar-refractivity contribution < 1.29 is 53.8 Å². The maximum absolute atomic E-state index is 14.1. The second-order valence-electron chi connectivity index (χ2n) is 10.8. The predicted octanol–water partition coefficient (Wildman–Crippen LogP) is 5.30. The van der Waals surface area contributed by atoms with E-state index in [0.29, 0.717) is 25.2 Å². The maximum atomic E-state index is 14.1. The Hall–Kier alpha value is -3.40. The first-order valence-corrected chi connectivity index (χ1v) is 17.2. The van der Waals surface area contributed by atoms with E-state index < -0.39 is 72.5 Å². The molecule has 46 heavy (non-hydrogen) atoms. The summed E-state index contributed by atoms with van der Waals surface area (Å²) >= 11 is -3.14. The standard InChI is InChI=1S/C27H26AsF9N6O3/c1-14-19(27(35,36)37)11-21-22(38-14)20(4-3-6-43(21)24(44)46-18-5-7-45-13-18)28(23-39-41-42(2)40-23)12-15-8-16(25(29,30)31)10-17(9-15)26(32,33)34/h8-11,18,20H,3-7,12-13H2,1-2H3. The number of fused-ring (bicyclic) bond motifs is 1. The molecule has 0 saturated carbocycles. The van der Waals surface area contributed by atoms with Gasteiger partial charge >= 0.3 is 260 Å². The summed E-state index contributed by atoms with van der Waals surface area (Å²) < 4.78 is 134. The summed E-state index contributed by atoms with van der Waals surface area (Å²) in [4.78, 5) is 19.7. The van der Waals surface area contributed by atoms with Crippen LogP contribution in [0.4, 0.5) is 50.0 Å². The molecule has 0 N–H and O–H groups in total. The molecule has 2 aromatic heterocycles. The van der Waals surface area contributed by atoms with E-state index in [2.05, 4.69) is 20.4 Å². The molecule has 3 atom stereocenters. The van der Waals surface area contributed by atoms with Crippen molar-refractivity contribution >= 4 is 31.0 Å². The second-order valence-corrected chi connectivity index (χ2v) is 15.6. The van der Waals surface area contributed by atoms with E-state index in [1.54, 1.807) is 0 Å². The Bertz CT molecular complexity index is 1560. The van der Waals surface area contributed by atoms with Crippen molar-refractivity contribution in [1.29, 1.82) is 0 Å². The number of hydrogen-bond acceptors (Lipinski definition) is 7. The number of carbonyl (C=O) groups excluding carboxylic acids is 1. The zero-order valence-corrected chi connectivity index (χ0v) is 26.0. The number of benzene rings is 1. The molecule has 0 radical (unpaired) electrons. The number of rotatable bonds is 5. The molecular weight excluding hydrogens is 702 g/mol. The number of amides is 1. The zero-order chi connectivity index (χ0) is 33.6. The van der Waals surface area contributed by atoms with Crippen molar-refractivity contribution in [2.24, 2.45) is 7.05 Å². The molecule has 2 aliphatic heterocycles. The SMILES string of the molecule is Cc1nc2c(cc1C(F)(F)F)N(C(=O)OC1CCOC1)CCCC2[As](Cc1cc(C(F)(F)F)cc(C(F)(F)F)c1)c1nnn(C)n1. The van der Waals surface area contributed by atoms with E-state index in [0.717, 1.165) is 22.7 Å². The first-order valence-electron chi connectivity index (χ1n) is 13.9. The number of halogens is 9. The summed E-state index contributed by atoms with van der Waals surface area (Å²) in [5, 5.41) is 11.7. The number of aromatic nitrogens is 5. The third-order valence-corrected chi connectivity index (χ3v) is 13.1. The molecule has 1 aromatic carbocycles. The molecule has 1 saturated heterocycles. The van der Waals surface area contributed by atoms with E-state index in [9.17, 15) is 44.3 Å². The van der Waals surface area contributed by atoms with Crippen molar-refractivity contribution in [2.75, 3.05) is 24.7 Å². The Labute approximate surface area is 260 Å². The van der Waals surface area contributed by atoms with Crippen LogP contribution in [-0.2, 0) is 40.3 Å². The van der Waals surface area contributed by atoms with Crippen LogP contribution >= 0.6 is 0 Å². The second kappa shape index (κ2) is 12.7. The zero-order valence-electron chi connectivity index (χ0n) is 24.2. The molecular formula is C27H26AsF9N6O3. The molecule has 250 valence electrons. The van der Waals surface area contributed by atoms with Gasteiger partial charge in [-0.15, -0.1) is 0 Å².